The molecule has 1 rings (SSSR count). The van der Waals surface area contributed by atoms with Gasteiger partial charge in [0.05, 0.1) is 7.11 Å². The summed E-state index contributed by atoms with van der Waals surface area (Å²) in [7, 11) is 1.53. The predicted molar refractivity (Wildman–Crippen MR) is 46.5 cm³/mol. The van der Waals surface area contributed by atoms with Gasteiger partial charge in [0.15, 0.2) is 0 Å². The van der Waals surface area contributed by atoms with Gasteiger partial charge in [-0.1, -0.05) is 13.8 Å². The molecular weight excluding hydrogens is 142 g/mol. The fourth-order valence-corrected chi connectivity index (χ4v) is 0.465. The summed E-state index contributed by atoms with van der Waals surface area (Å²) in [5.74, 6) is 0.907. The third kappa shape index (κ3) is 3.40. The van der Waals surface area contributed by atoms with Crippen LogP contribution in [0.3, 0.4) is 0 Å². The Morgan fingerprint density at radius 3 is 2.45 bits per heavy atom. The maximum Gasteiger partial charge on any atom is 0.218 e. The van der Waals surface area contributed by atoms with E-state index in [0.29, 0.717) is 11.7 Å². The number of anilines is 1. The lowest BCUT2D eigenvalue weighted by Gasteiger charge is -1.95. The Morgan fingerprint density at radius 2 is 2.09 bits per heavy atom. The first-order valence-corrected chi connectivity index (χ1v) is 3.44. The van der Waals surface area contributed by atoms with Crippen molar-refractivity contribution < 1.29 is 6.16 Å². The van der Waals surface area contributed by atoms with Gasteiger partial charge in [-0.05, 0) is 0 Å². The molecule has 0 aliphatic rings. The van der Waals surface area contributed by atoms with Crippen LogP contribution in [0.5, 0.6) is 5.88 Å². The monoisotopic (exact) mass is 157 g/mol. The van der Waals surface area contributed by atoms with Crippen molar-refractivity contribution in [2.24, 2.45) is 0 Å². The molecule has 11 heavy (non-hydrogen) atoms. The number of rotatable bonds is 1. The maximum atomic E-state index is 5.30. The zero-order valence-corrected chi connectivity index (χ0v) is 7.03. The van der Waals surface area contributed by atoms with E-state index in [-0.39, 0.29) is 1.43 Å². The summed E-state index contributed by atoms with van der Waals surface area (Å²) >= 11 is 0. The van der Waals surface area contributed by atoms with Crippen molar-refractivity contribution in [2.75, 3.05) is 12.8 Å². The van der Waals surface area contributed by atoms with Gasteiger partial charge in [-0.2, -0.15) is 0 Å². The molecule has 1 heterocycles. The van der Waals surface area contributed by atoms with Crippen molar-refractivity contribution in [3.05, 3.63) is 12.4 Å². The van der Waals surface area contributed by atoms with Gasteiger partial charge in [-0.25, -0.2) is 9.97 Å². The molecule has 1 aromatic rings. The van der Waals surface area contributed by atoms with Gasteiger partial charge in [0, 0.05) is 7.49 Å². The number of nitrogens with zero attached hydrogens (tertiary/aromatic N) is 2. The van der Waals surface area contributed by atoms with E-state index in [2.05, 4.69) is 9.97 Å². The molecule has 2 N–H and O–H groups in total. The Morgan fingerprint density at radius 1 is 1.45 bits per heavy atom. The van der Waals surface area contributed by atoms with Crippen LogP contribution in [0, 0.1) is 0 Å². The smallest absolute Gasteiger partial charge is 0.218 e. The predicted octanol–water partition coefficient (Wildman–Crippen LogP) is 1.34. The second kappa shape index (κ2) is 5.46. The van der Waals surface area contributed by atoms with Gasteiger partial charge in [0.25, 0.3) is 0 Å². The van der Waals surface area contributed by atoms with Crippen LogP contribution < -0.4 is 10.5 Å². The Bertz CT molecular complexity index is 208. The second-order valence-electron chi connectivity index (χ2n) is 1.49. The van der Waals surface area contributed by atoms with Gasteiger partial charge in [0.2, 0.25) is 5.88 Å². The van der Waals surface area contributed by atoms with Crippen molar-refractivity contribution in [3.8, 4) is 5.88 Å². The third-order valence-electron chi connectivity index (χ3n) is 0.872. The van der Waals surface area contributed by atoms with Crippen LogP contribution in [0.2, 0.25) is 0 Å². The molecule has 0 saturated heterocycles. The topological polar surface area (TPSA) is 61.0 Å². The van der Waals surface area contributed by atoms with Gasteiger partial charge in [0.1, 0.15) is 12.1 Å². The number of aromatic nitrogens is 2. The highest BCUT2D eigenvalue weighted by molar-refractivity contribution is 5.30. The SMILES string of the molecule is CC.COc1cc(N)ncn1.[HH]. The van der Waals surface area contributed by atoms with Crippen LogP contribution in [-0.4, -0.2) is 17.1 Å². The lowest BCUT2D eigenvalue weighted by atomic mass is 10.6. The van der Waals surface area contributed by atoms with Crippen LogP contribution in [0.4, 0.5) is 5.82 Å². The highest BCUT2D eigenvalue weighted by atomic mass is 16.5. The minimum absolute atomic E-state index is 0. The van der Waals surface area contributed by atoms with Crippen molar-refractivity contribution in [1.29, 1.82) is 0 Å². The second-order valence-corrected chi connectivity index (χ2v) is 1.49. The van der Waals surface area contributed by atoms with E-state index in [1.807, 2.05) is 13.8 Å². The molecule has 0 radical (unpaired) electrons. The molecule has 0 aliphatic carbocycles. The summed E-state index contributed by atoms with van der Waals surface area (Å²) in [6.07, 6.45) is 1.36. The number of ether oxygens (including phenoxy) is 1. The molecule has 4 nitrogen and oxygen atoms in total. The summed E-state index contributed by atoms with van der Waals surface area (Å²) in [5, 5.41) is 0. The minimum atomic E-state index is 0. The summed E-state index contributed by atoms with van der Waals surface area (Å²) < 4.78 is 4.76. The Labute approximate surface area is 67.9 Å². The van der Waals surface area contributed by atoms with Crippen LogP contribution in [0.25, 0.3) is 0 Å². The van der Waals surface area contributed by atoms with E-state index in [1.54, 1.807) is 6.07 Å². The molecule has 0 atom stereocenters. The maximum absolute atomic E-state index is 5.30. The first kappa shape index (κ1) is 9.68. The molecule has 0 unspecified atom stereocenters. The lowest BCUT2D eigenvalue weighted by Crippen LogP contribution is -1.93. The molecule has 0 saturated carbocycles. The summed E-state index contributed by atoms with van der Waals surface area (Å²) in [6.45, 7) is 4.00. The minimum Gasteiger partial charge on any atom is -0.481 e. The van der Waals surface area contributed by atoms with E-state index in [1.165, 1.54) is 13.4 Å². The molecule has 4 heteroatoms. The first-order valence-electron chi connectivity index (χ1n) is 3.44. The molecular formula is C7H15N3O. The standard InChI is InChI=1S/C5H7N3O.C2H6.H2/c1-9-5-2-4(6)7-3-8-5;1-2;/h2-3H,1H3,(H2,6,7,8);1-2H3;1H. The van der Waals surface area contributed by atoms with Crippen molar-refractivity contribution in [2.45, 2.75) is 13.8 Å². The van der Waals surface area contributed by atoms with Crippen molar-refractivity contribution in [1.82, 2.24) is 9.97 Å². The Balaban J connectivity index is 0. The molecule has 0 fully saturated rings. The largest absolute Gasteiger partial charge is 0.481 e. The van der Waals surface area contributed by atoms with Crippen LogP contribution in [-0.2, 0) is 0 Å². The van der Waals surface area contributed by atoms with Crippen LogP contribution in [0.1, 0.15) is 15.3 Å². The normalized spacial score (nSPS) is 7.91. The number of nitrogen functional groups attached to an aromatic ring is 1. The average Bonchev–Trinajstić information content (AvgIpc) is 2.08. The average molecular weight is 157 g/mol. The van der Waals surface area contributed by atoms with E-state index >= 15 is 0 Å². The molecule has 64 valence electrons. The van der Waals surface area contributed by atoms with E-state index in [9.17, 15) is 0 Å². The number of nitrogens with two attached hydrogens (primary N) is 1. The Kier molecular flexibility index (Phi) is 4.81. The third-order valence-corrected chi connectivity index (χ3v) is 0.872. The summed E-state index contributed by atoms with van der Waals surface area (Å²) in [4.78, 5) is 7.42. The van der Waals surface area contributed by atoms with Crippen LogP contribution >= 0.6 is 0 Å². The summed E-state index contributed by atoms with van der Waals surface area (Å²) in [5.41, 5.74) is 5.30. The van der Waals surface area contributed by atoms with Crippen molar-refractivity contribution in [3.63, 3.8) is 0 Å². The molecule has 0 spiro atoms. The highest BCUT2D eigenvalue weighted by Crippen LogP contribution is 2.05. The van der Waals surface area contributed by atoms with E-state index in [0.717, 1.165) is 0 Å². The molecule has 0 amide bonds. The number of methoxy groups -OCH3 is 1. The van der Waals surface area contributed by atoms with E-state index in [4.69, 9.17) is 10.5 Å². The number of hydrogen-bond donors (Lipinski definition) is 1. The highest BCUT2D eigenvalue weighted by Gasteiger charge is 1.90. The molecule has 1 aromatic heterocycles. The zero-order valence-electron chi connectivity index (χ0n) is 7.03. The summed E-state index contributed by atoms with van der Waals surface area (Å²) in [6, 6.07) is 1.56. The fraction of sp³-hybridized carbons (Fsp3) is 0.429. The first-order chi connectivity index (χ1) is 5.33. The van der Waals surface area contributed by atoms with Gasteiger partial charge in [-0.3, -0.25) is 0 Å². The van der Waals surface area contributed by atoms with Gasteiger partial charge in [-0.15, -0.1) is 0 Å². The van der Waals surface area contributed by atoms with E-state index < -0.39 is 0 Å². The molecule has 0 bridgehead atoms. The molecule has 0 aromatic carbocycles. The zero-order chi connectivity index (χ0) is 8.69. The lowest BCUT2D eigenvalue weighted by molar-refractivity contribution is 0.397. The number of hydrogen-bond acceptors (Lipinski definition) is 4. The van der Waals surface area contributed by atoms with Gasteiger partial charge >= 0.3 is 0 Å². The van der Waals surface area contributed by atoms with Crippen molar-refractivity contribution >= 4 is 5.82 Å². The molecule has 0 aliphatic heterocycles. The quantitative estimate of drug-likeness (QED) is 0.668. The van der Waals surface area contributed by atoms with Crippen LogP contribution in [0.15, 0.2) is 12.4 Å². The van der Waals surface area contributed by atoms with Gasteiger partial charge < -0.3 is 10.5 Å². The fourth-order valence-electron chi connectivity index (χ4n) is 0.465. The Hall–Kier alpha value is -1.32.